The van der Waals surface area contributed by atoms with Crippen LogP contribution in [0, 0.1) is 0 Å². The molecule has 1 aliphatic rings. The molecule has 0 saturated carbocycles. The Morgan fingerprint density at radius 1 is 0.704 bits per heavy atom. The fraction of sp³-hybridized carbons (Fsp3) is 0.833. The van der Waals surface area contributed by atoms with Gasteiger partial charge in [-0.15, -0.1) is 4.52 Å². The quantitative estimate of drug-likeness (QED) is 0.308. The first-order chi connectivity index (χ1) is 11.7. The Morgan fingerprint density at radius 2 is 1.07 bits per heavy atom. The molecule has 0 spiro atoms. The van der Waals surface area contributed by atoms with E-state index in [4.69, 9.17) is 0 Å². The van der Waals surface area contributed by atoms with Crippen molar-refractivity contribution in [1.29, 1.82) is 0 Å². The minimum Gasteiger partial charge on any atom is -0.294 e. The summed E-state index contributed by atoms with van der Waals surface area (Å²) >= 11 is 0. The van der Waals surface area contributed by atoms with Gasteiger partial charge in [-0.05, 0) is 0 Å². The lowest BCUT2D eigenvalue weighted by atomic mass is 10.7. The van der Waals surface area contributed by atoms with Crippen molar-refractivity contribution in [1.82, 2.24) is 0 Å². The summed E-state index contributed by atoms with van der Waals surface area (Å²) in [5.74, 6) is 0. The Kier molecular flexibility index (Phi) is 6.67. The van der Waals surface area contributed by atoms with Gasteiger partial charge < -0.3 is 0 Å². The molecular formula is C6H4F12N3O3P3. The summed E-state index contributed by atoms with van der Waals surface area (Å²) in [6, 6.07) is 0. The highest BCUT2D eigenvalue weighted by Crippen LogP contribution is 2.82. The van der Waals surface area contributed by atoms with E-state index in [1.807, 2.05) is 13.5 Å². The summed E-state index contributed by atoms with van der Waals surface area (Å²) < 4.78 is 164. The molecular weight excluding hydrogens is 483 g/mol. The molecule has 0 N–H and O–H groups in total. The largest absolute Gasteiger partial charge is 0.460 e. The standard InChI is InChI=1S/C6H4F12N3O3P3/c7-4(8,9)1-23-26(17)19-25(16,3(22)6(13,14)15)20-27(18,21-26)24-2-5(10,11)12/h1-2H2. The van der Waals surface area contributed by atoms with E-state index in [0.717, 1.165) is 0 Å². The van der Waals surface area contributed by atoms with Gasteiger partial charge in [0, 0.05) is 0 Å². The minimum absolute atomic E-state index is 1.85. The third-order valence-corrected chi connectivity index (χ3v) is 9.08. The lowest BCUT2D eigenvalue weighted by Crippen LogP contribution is -2.21. The summed E-state index contributed by atoms with van der Waals surface area (Å²) in [5, 5.41) is 0. The number of carbonyl (C=O) groups excluding carboxylic acids is 1. The maximum atomic E-state index is 14.2. The highest BCUT2D eigenvalue weighted by Gasteiger charge is 2.55. The number of hydrogen-bond donors (Lipinski definition) is 0. The smallest absolute Gasteiger partial charge is 0.294 e. The van der Waals surface area contributed by atoms with Crippen molar-refractivity contribution in [2.24, 2.45) is 13.5 Å². The normalized spacial score (nSPS) is 32.3. The van der Waals surface area contributed by atoms with E-state index in [1.165, 1.54) is 0 Å². The topological polar surface area (TPSA) is 72.6 Å². The Morgan fingerprint density at radius 3 is 1.41 bits per heavy atom. The average Bonchev–Trinajstić information content (AvgIpc) is 2.39. The molecule has 1 rings (SSSR count). The van der Waals surface area contributed by atoms with Crippen molar-refractivity contribution < 1.29 is 65.9 Å². The monoisotopic (exact) mass is 487 g/mol. The van der Waals surface area contributed by atoms with Gasteiger partial charge >= 0.3 is 47.1 Å². The van der Waals surface area contributed by atoms with Crippen LogP contribution in [0.2, 0.25) is 0 Å². The van der Waals surface area contributed by atoms with Crippen molar-refractivity contribution in [3.8, 4) is 0 Å². The Hall–Kier alpha value is -0.560. The maximum Gasteiger partial charge on any atom is 0.460 e. The first-order valence-electron chi connectivity index (χ1n) is 5.74. The number of nitrogens with zero attached hydrogens (tertiary/aromatic N) is 3. The SMILES string of the molecule is O=C(C(F)(F)F)P1(F)=NP(F)(OCC(F)(F)F)=NP(F)(OCC(F)(F)F)=N1. The summed E-state index contributed by atoms with van der Waals surface area (Å²) in [6.45, 7) is -5.35. The second-order valence-corrected chi connectivity index (χ2v) is 10.3. The molecule has 0 radical (unpaired) electrons. The highest BCUT2D eigenvalue weighted by molar-refractivity contribution is 7.87. The van der Waals surface area contributed by atoms with Crippen LogP contribution in [-0.4, -0.2) is 37.3 Å². The van der Waals surface area contributed by atoms with E-state index in [1.54, 1.807) is 0 Å². The molecule has 0 saturated heterocycles. The van der Waals surface area contributed by atoms with Crippen LogP contribution in [0.15, 0.2) is 13.5 Å². The molecule has 3 unspecified atom stereocenters. The van der Waals surface area contributed by atoms with Gasteiger partial charge in [0.15, 0.2) is 13.2 Å². The first-order valence-corrected chi connectivity index (χ1v) is 10.3. The number of halogens is 12. The van der Waals surface area contributed by atoms with Crippen LogP contribution in [0.1, 0.15) is 0 Å². The van der Waals surface area contributed by atoms with E-state index >= 15 is 0 Å². The Bertz CT molecular complexity index is 744. The molecule has 0 aliphatic carbocycles. The molecule has 0 amide bonds. The van der Waals surface area contributed by atoms with Crippen molar-refractivity contribution in [3.05, 3.63) is 0 Å². The lowest BCUT2D eigenvalue weighted by molar-refractivity contribution is -0.161. The fourth-order valence-electron chi connectivity index (χ4n) is 1.14. The zero-order chi connectivity index (χ0) is 21.5. The number of alkyl halides is 9. The van der Waals surface area contributed by atoms with Gasteiger partial charge in [-0.3, -0.25) is 13.8 Å². The van der Waals surface area contributed by atoms with Gasteiger partial charge in [-0.25, -0.2) is 0 Å². The average molecular weight is 487 g/mol. The van der Waals surface area contributed by atoms with Crippen LogP contribution >= 0.6 is 23.0 Å². The lowest BCUT2D eigenvalue weighted by Gasteiger charge is -2.24. The van der Waals surface area contributed by atoms with E-state index in [9.17, 15) is 56.9 Å². The fourth-order valence-corrected chi connectivity index (χ4v) is 8.38. The molecule has 27 heavy (non-hydrogen) atoms. The van der Waals surface area contributed by atoms with Crippen LogP contribution in [0.4, 0.5) is 52.1 Å². The van der Waals surface area contributed by atoms with Gasteiger partial charge in [-0.1, -0.05) is 0 Å². The molecule has 1 heterocycles. The Balaban J connectivity index is 3.53. The molecule has 1 aliphatic heterocycles. The molecule has 0 aromatic carbocycles. The van der Waals surface area contributed by atoms with Gasteiger partial charge in [-0.2, -0.15) is 61.1 Å². The van der Waals surface area contributed by atoms with E-state index in [-0.39, 0.29) is 0 Å². The second-order valence-electron chi connectivity index (χ2n) is 4.32. The van der Waals surface area contributed by atoms with Crippen molar-refractivity contribution in [3.63, 3.8) is 0 Å². The third-order valence-electron chi connectivity index (χ3n) is 1.96. The first kappa shape index (κ1) is 24.5. The third kappa shape index (κ3) is 7.41. The Labute approximate surface area is 141 Å². The van der Waals surface area contributed by atoms with Gasteiger partial charge in [0.1, 0.15) is 0 Å². The van der Waals surface area contributed by atoms with Crippen LogP contribution in [0.25, 0.3) is 0 Å². The molecule has 0 aromatic heterocycles. The number of rotatable bonds is 5. The predicted molar refractivity (Wildman–Crippen MR) is 66.4 cm³/mol. The molecule has 0 aromatic rings. The van der Waals surface area contributed by atoms with Crippen LogP contribution in [-0.2, 0) is 13.8 Å². The van der Waals surface area contributed by atoms with Gasteiger partial charge in [0.25, 0.3) is 0 Å². The summed E-state index contributed by atoms with van der Waals surface area (Å²) in [7, 11) is -19.4. The second kappa shape index (κ2) is 7.36. The van der Waals surface area contributed by atoms with E-state index < -0.39 is 60.3 Å². The summed E-state index contributed by atoms with van der Waals surface area (Å²) in [4.78, 5) is 11.0. The zero-order valence-electron chi connectivity index (χ0n) is 11.9. The van der Waals surface area contributed by atoms with Crippen LogP contribution < -0.4 is 0 Å². The van der Waals surface area contributed by atoms with Crippen molar-refractivity contribution >= 4 is 28.5 Å². The maximum absolute atomic E-state index is 14.2. The summed E-state index contributed by atoms with van der Waals surface area (Å²) in [6.07, 6.45) is -17.0. The highest BCUT2D eigenvalue weighted by atomic mass is 31.3. The molecule has 0 fully saturated rings. The molecule has 6 nitrogen and oxygen atoms in total. The zero-order valence-corrected chi connectivity index (χ0v) is 14.5. The van der Waals surface area contributed by atoms with Gasteiger partial charge in [0.05, 0.1) is 0 Å². The van der Waals surface area contributed by atoms with Crippen molar-refractivity contribution in [2.75, 3.05) is 13.2 Å². The predicted octanol–water partition coefficient (Wildman–Crippen LogP) is 7.08. The molecule has 21 heteroatoms. The number of hydrogen-bond acceptors (Lipinski definition) is 6. The molecule has 160 valence electrons. The summed E-state index contributed by atoms with van der Waals surface area (Å²) in [5.41, 5.74) is -3.62. The van der Waals surface area contributed by atoms with Gasteiger partial charge in [0.2, 0.25) is 0 Å². The van der Waals surface area contributed by atoms with E-state index in [0.29, 0.717) is 0 Å². The minimum atomic E-state index is -6.73. The molecule has 0 bridgehead atoms. The van der Waals surface area contributed by atoms with Crippen LogP contribution in [0.5, 0.6) is 0 Å². The van der Waals surface area contributed by atoms with Crippen LogP contribution in [0.3, 0.4) is 0 Å². The van der Waals surface area contributed by atoms with E-state index in [2.05, 4.69) is 9.05 Å². The molecule has 3 atom stereocenters. The van der Waals surface area contributed by atoms with Crippen molar-refractivity contribution in [2.45, 2.75) is 18.5 Å². The number of carbonyl (C=O) groups is 1.